The van der Waals surface area contributed by atoms with Crippen LogP contribution in [0.5, 0.6) is 0 Å². The fourth-order valence-electron chi connectivity index (χ4n) is 2.86. The van der Waals surface area contributed by atoms with E-state index in [0.717, 1.165) is 31.2 Å². The lowest BCUT2D eigenvalue weighted by Gasteiger charge is -2.11. The van der Waals surface area contributed by atoms with Crippen molar-refractivity contribution in [3.63, 3.8) is 0 Å². The Labute approximate surface area is 135 Å². The first-order valence-electron chi connectivity index (χ1n) is 7.83. The van der Waals surface area contributed by atoms with Gasteiger partial charge in [-0.05, 0) is 55.2 Å². The third-order valence-corrected chi connectivity index (χ3v) is 4.03. The molecule has 0 aliphatic carbocycles. The van der Waals surface area contributed by atoms with Crippen molar-refractivity contribution in [3.05, 3.63) is 65.2 Å². The number of carbonyl (C=O) groups excluding carboxylic acids is 2. The van der Waals surface area contributed by atoms with E-state index >= 15 is 0 Å². The van der Waals surface area contributed by atoms with Gasteiger partial charge >= 0.3 is 5.97 Å². The van der Waals surface area contributed by atoms with Crippen LogP contribution < -0.4 is 5.32 Å². The van der Waals surface area contributed by atoms with Crippen LogP contribution in [0.4, 0.5) is 5.69 Å². The van der Waals surface area contributed by atoms with Gasteiger partial charge in [0.2, 0.25) is 0 Å². The normalized spacial score (nSPS) is 15.6. The lowest BCUT2D eigenvalue weighted by molar-refractivity contribution is 0.0497. The molecule has 0 spiro atoms. The number of rotatable bonds is 6. The first kappa shape index (κ1) is 15.3. The predicted molar refractivity (Wildman–Crippen MR) is 88.9 cm³/mol. The summed E-state index contributed by atoms with van der Waals surface area (Å²) >= 11 is 0. The molecule has 1 atom stereocenters. The van der Waals surface area contributed by atoms with Gasteiger partial charge in [-0.1, -0.05) is 18.2 Å². The minimum absolute atomic E-state index is 0.274. The van der Waals surface area contributed by atoms with Crippen molar-refractivity contribution in [1.29, 1.82) is 0 Å². The maximum Gasteiger partial charge on any atom is 0.338 e. The summed E-state index contributed by atoms with van der Waals surface area (Å²) in [4.78, 5) is 22.6. The molecule has 4 nitrogen and oxygen atoms in total. The highest BCUT2D eigenvalue weighted by Crippen LogP contribution is 2.28. The zero-order valence-corrected chi connectivity index (χ0v) is 12.8. The highest BCUT2D eigenvalue weighted by Gasteiger charge is 2.20. The first-order valence-corrected chi connectivity index (χ1v) is 7.83. The molecule has 0 saturated heterocycles. The van der Waals surface area contributed by atoms with Crippen molar-refractivity contribution in [1.82, 2.24) is 0 Å². The molecule has 23 heavy (non-hydrogen) atoms. The van der Waals surface area contributed by atoms with Gasteiger partial charge < -0.3 is 10.1 Å². The molecule has 2 aromatic carbocycles. The summed E-state index contributed by atoms with van der Waals surface area (Å²) in [5, 5.41) is 3.45. The number of benzene rings is 2. The van der Waals surface area contributed by atoms with E-state index in [-0.39, 0.29) is 5.97 Å². The summed E-state index contributed by atoms with van der Waals surface area (Å²) in [5.74, 6) is -0.274. The molecular formula is C19H19NO3. The second kappa shape index (κ2) is 7.09. The average molecular weight is 309 g/mol. The Hall–Kier alpha value is -2.62. The van der Waals surface area contributed by atoms with Gasteiger partial charge in [0.1, 0.15) is 6.29 Å². The van der Waals surface area contributed by atoms with Crippen molar-refractivity contribution in [2.75, 3.05) is 11.9 Å². The number of carbonyl (C=O) groups is 2. The molecular weight excluding hydrogens is 290 g/mol. The third kappa shape index (κ3) is 3.77. The summed E-state index contributed by atoms with van der Waals surface area (Å²) in [6, 6.07) is 15.1. The molecule has 0 saturated carbocycles. The fourth-order valence-corrected chi connectivity index (χ4v) is 2.86. The molecule has 1 heterocycles. The molecule has 1 N–H and O–H groups in total. The summed E-state index contributed by atoms with van der Waals surface area (Å²) in [7, 11) is 0. The lowest BCUT2D eigenvalue weighted by atomic mass is 10.0. The van der Waals surface area contributed by atoms with Crippen LogP contribution in [-0.2, 0) is 11.2 Å². The summed E-state index contributed by atoms with van der Waals surface area (Å²) in [6.45, 7) is 0.418. The molecule has 3 rings (SSSR count). The second-order valence-corrected chi connectivity index (χ2v) is 5.72. The van der Waals surface area contributed by atoms with Crippen molar-refractivity contribution in [2.24, 2.45) is 0 Å². The quantitative estimate of drug-likeness (QED) is 0.504. The summed E-state index contributed by atoms with van der Waals surface area (Å²) in [6.07, 6.45) is 3.51. The topological polar surface area (TPSA) is 55.4 Å². The van der Waals surface area contributed by atoms with Gasteiger partial charge in [-0.25, -0.2) is 4.79 Å². The lowest BCUT2D eigenvalue weighted by Crippen LogP contribution is -2.16. The largest absolute Gasteiger partial charge is 0.462 e. The van der Waals surface area contributed by atoms with E-state index in [1.807, 2.05) is 36.4 Å². The minimum atomic E-state index is -0.274. The van der Waals surface area contributed by atoms with E-state index in [9.17, 15) is 9.59 Å². The Morgan fingerprint density at radius 2 is 2.04 bits per heavy atom. The maximum atomic E-state index is 11.8. The van der Waals surface area contributed by atoms with Crippen molar-refractivity contribution in [3.8, 4) is 0 Å². The second-order valence-electron chi connectivity index (χ2n) is 5.72. The van der Waals surface area contributed by atoms with Gasteiger partial charge in [-0.15, -0.1) is 0 Å². The molecule has 0 amide bonds. The van der Waals surface area contributed by atoms with E-state index in [0.29, 0.717) is 23.8 Å². The number of nitrogens with one attached hydrogen (secondary N) is 1. The molecule has 1 aliphatic heterocycles. The van der Waals surface area contributed by atoms with E-state index in [1.54, 1.807) is 12.1 Å². The molecule has 0 aromatic heterocycles. The smallest absolute Gasteiger partial charge is 0.338 e. The molecule has 0 bridgehead atoms. The van der Waals surface area contributed by atoms with Gasteiger partial charge in [0, 0.05) is 17.3 Å². The van der Waals surface area contributed by atoms with Crippen LogP contribution in [0.2, 0.25) is 0 Å². The number of ether oxygens (including phenoxy) is 1. The SMILES string of the molecule is O=Cc1ccc2c(c1)CC(CCCOC(=O)c1ccccc1)N2. The van der Waals surface area contributed by atoms with Crippen molar-refractivity contribution < 1.29 is 14.3 Å². The third-order valence-electron chi connectivity index (χ3n) is 4.03. The Morgan fingerprint density at radius 3 is 2.83 bits per heavy atom. The van der Waals surface area contributed by atoms with E-state index in [1.165, 1.54) is 5.56 Å². The first-order chi connectivity index (χ1) is 11.3. The van der Waals surface area contributed by atoms with Crippen LogP contribution in [0.15, 0.2) is 48.5 Å². The highest BCUT2D eigenvalue weighted by molar-refractivity contribution is 5.89. The van der Waals surface area contributed by atoms with Crippen molar-refractivity contribution in [2.45, 2.75) is 25.3 Å². The average Bonchev–Trinajstić information content (AvgIpc) is 3.01. The molecule has 4 heteroatoms. The Bertz CT molecular complexity index is 697. The standard InChI is InChI=1S/C19H19NO3/c21-13-14-8-9-18-16(11-14)12-17(20-18)7-4-10-23-19(22)15-5-2-1-3-6-15/h1-3,5-6,8-9,11,13,17,20H,4,7,10,12H2. The fraction of sp³-hybridized carbons (Fsp3) is 0.263. The molecule has 0 fully saturated rings. The molecule has 1 aliphatic rings. The number of hydrogen-bond acceptors (Lipinski definition) is 4. The van der Waals surface area contributed by atoms with Crippen LogP contribution in [0.3, 0.4) is 0 Å². The van der Waals surface area contributed by atoms with Gasteiger partial charge in [-0.3, -0.25) is 4.79 Å². The predicted octanol–water partition coefficient (Wildman–Crippen LogP) is 3.47. The van der Waals surface area contributed by atoms with Crippen LogP contribution in [0, 0.1) is 0 Å². The molecule has 118 valence electrons. The van der Waals surface area contributed by atoms with E-state index in [4.69, 9.17) is 4.74 Å². The highest BCUT2D eigenvalue weighted by atomic mass is 16.5. The van der Waals surface area contributed by atoms with E-state index < -0.39 is 0 Å². The number of fused-ring (bicyclic) bond motifs is 1. The minimum Gasteiger partial charge on any atom is -0.462 e. The van der Waals surface area contributed by atoms with Gasteiger partial charge in [0.05, 0.1) is 12.2 Å². The Balaban J connectivity index is 1.42. The Morgan fingerprint density at radius 1 is 1.22 bits per heavy atom. The monoisotopic (exact) mass is 309 g/mol. The zero-order chi connectivity index (χ0) is 16.1. The number of anilines is 1. The van der Waals surface area contributed by atoms with Crippen LogP contribution in [0.25, 0.3) is 0 Å². The molecule has 2 aromatic rings. The number of aldehydes is 1. The molecule has 1 unspecified atom stereocenters. The Kier molecular flexibility index (Phi) is 4.71. The van der Waals surface area contributed by atoms with Gasteiger partial charge in [0.15, 0.2) is 0 Å². The molecule has 0 radical (unpaired) electrons. The number of esters is 1. The maximum absolute atomic E-state index is 11.8. The van der Waals surface area contributed by atoms with Crippen molar-refractivity contribution >= 4 is 17.9 Å². The zero-order valence-electron chi connectivity index (χ0n) is 12.8. The number of hydrogen-bond donors (Lipinski definition) is 1. The van der Waals surface area contributed by atoms with Gasteiger partial charge in [0.25, 0.3) is 0 Å². The van der Waals surface area contributed by atoms with E-state index in [2.05, 4.69) is 5.32 Å². The van der Waals surface area contributed by atoms with Crippen LogP contribution >= 0.6 is 0 Å². The van der Waals surface area contributed by atoms with Gasteiger partial charge in [-0.2, -0.15) is 0 Å². The summed E-state index contributed by atoms with van der Waals surface area (Å²) in [5.41, 5.74) is 3.58. The van der Waals surface area contributed by atoms with Crippen LogP contribution in [0.1, 0.15) is 39.1 Å². The summed E-state index contributed by atoms with van der Waals surface area (Å²) < 4.78 is 5.29. The van der Waals surface area contributed by atoms with Crippen LogP contribution in [-0.4, -0.2) is 24.9 Å².